The number of rotatable bonds is 3. The standard InChI is InChI=1S/C10H12BrN3/c1-2-12-5-8-3-4-10-13-6-9(11)14(10)7-8/h3-4,6-7,12H,2,5H2,1H3. The van der Waals surface area contributed by atoms with Crippen LogP contribution in [-0.4, -0.2) is 15.9 Å². The van der Waals surface area contributed by atoms with E-state index < -0.39 is 0 Å². The lowest BCUT2D eigenvalue weighted by Gasteiger charge is -2.03. The zero-order chi connectivity index (χ0) is 9.97. The Morgan fingerprint density at radius 1 is 1.50 bits per heavy atom. The van der Waals surface area contributed by atoms with Gasteiger partial charge in [0.25, 0.3) is 0 Å². The number of nitrogens with one attached hydrogen (secondary N) is 1. The summed E-state index contributed by atoms with van der Waals surface area (Å²) in [6.45, 7) is 3.99. The first-order chi connectivity index (χ1) is 6.81. The lowest BCUT2D eigenvalue weighted by molar-refractivity contribution is 0.723. The molecule has 0 aromatic carbocycles. The predicted octanol–water partition coefficient (Wildman–Crippen LogP) is 2.21. The molecule has 0 aliphatic heterocycles. The number of hydrogen-bond acceptors (Lipinski definition) is 2. The van der Waals surface area contributed by atoms with Gasteiger partial charge in [-0.2, -0.15) is 0 Å². The van der Waals surface area contributed by atoms with Gasteiger partial charge in [-0.25, -0.2) is 4.98 Å². The van der Waals surface area contributed by atoms with Gasteiger partial charge >= 0.3 is 0 Å². The second kappa shape index (κ2) is 4.11. The van der Waals surface area contributed by atoms with E-state index in [1.54, 1.807) is 0 Å². The molecule has 0 saturated heterocycles. The first-order valence-electron chi connectivity index (χ1n) is 4.63. The van der Waals surface area contributed by atoms with Crippen molar-refractivity contribution in [3.63, 3.8) is 0 Å². The Labute approximate surface area is 91.3 Å². The van der Waals surface area contributed by atoms with E-state index in [0.717, 1.165) is 23.3 Å². The van der Waals surface area contributed by atoms with Gasteiger partial charge in [-0.3, -0.25) is 4.40 Å². The number of hydrogen-bond donors (Lipinski definition) is 1. The van der Waals surface area contributed by atoms with E-state index in [1.807, 2.05) is 16.7 Å². The molecule has 0 radical (unpaired) electrons. The van der Waals surface area contributed by atoms with Crippen molar-refractivity contribution in [3.05, 3.63) is 34.7 Å². The molecule has 0 fully saturated rings. The molecule has 3 nitrogen and oxygen atoms in total. The topological polar surface area (TPSA) is 29.3 Å². The summed E-state index contributed by atoms with van der Waals surface area (Å²) in [5.74, 6) is 0. The van der Waals surface area contributed by atoms with Crippen LogP contribution in [0.1, 0.15) is 12.5 Å². The highest BCUT2D eigenvalue weighted by Crippen LogP contribution is 2.13. The van der Waals surface area contributed by atoms with Crippen LogP contribution in [-0.2, 0) is 6.54 Å². The van der Waals surface area contributed by atoms with Gasteiger partial charge < -0.3 is 5.32 Å². The van der Waals surface area contributed by atoms with Gasteiger partial charge in [-0.05, 0) is 34.1 Å². The molecule has 14 heavy (non-hydrogen) atoms. The van der Waals surface area contributed by atoms with E-state index in [1.165, 1.54) is 5.56 Å². The second-order valence-corrected chi connectivity index (χ2v) is 3.94. The Kier molecular flexibility index (Phi) is 2.84. The van der Waals surface area contributed by atoms with Crippen LogP contribution >= 0.6 is 15.9 Å². The molecule has 1 N–H and O–H groups in total. The van der Waals surface area contributed by atoms with E-state index in [0.29, 0.717) is 0 Å². The Morgan fingerprint density at radius 3 is 3.14 bits per heavy atom. The summed E-state index contributed by atoms with van der Waals surface area (Å²) in [4.78, 5) is 4.24. The number of aromatic nitrogens is 2. The molecule has 0 saturated carbocycles. The van der Waals surface area contributed by atoms with Crippen LogP contribution in [0, 0.1) is 0 Å². The summed E-state index contributed by atoms with van der Waals surface area (Å²) >= 11 is 3.45. The monoisotopic (exact) mass is 253 g/mol. The molecule has 2 rings (SSSR count). The number of fused-ring (bicyclic) bond motifs is 1. The van der Waals surface area contributed by atoms with Crippen LogP contribution in [0.15, 0.2) is 29.1 Å². The van der Waals surface area contributed by atoms with Crippen LogP contribution < -0.4 is 5.32 Å². The van der Waals surface area contributed by atoms with Crippen LogP contribution in [0.2, 0.25) is 0 Å². The molecule has 0 atom stereocenters. The van der Waals surface area contributed by atoms with Crippen molar-refractivity contribution in [1.29, 1.82) is 0 Å². The normalized spacial score (nSPS) is 11.0. The predicted molar refractivity (Wildman–Crippen MR) is 60.3 cm³/mol. The third kappa shape index (κ3) is 1.81. The highest BCUT2D eigenvalue weighted by Gasteiger charge is 2.00. The molecule has 0 aliphatic rings. The fourth-order valence-corrected chi connectivity index (χ4v) is 1.76. The van der Waals surface area contributed by atoms with Gasteiger partial charge in [0.2, 0.25) is 0 Å². The third-order valence-electron chi connectivity index (χ3n) is 2.10. The molecule has 0 amide bonds. The van der Waals surface area contributed by atoms with Gasteiger partial charge in [0.15, 0.2) is 0 Å². The summed E-state index contributed by atoms with van der Waals surface area (Å²) in [6, 6.07) is 4.12. The van der Waals surface area contributed by atoms with Gasteiger partial charge in [0.05, 0.1) is 6.20 Å². The second-order valence-electron chi connectivity index (χ2n) is 3.13. The lowest BCUT2D eigenvalue weighted by atomic mass is 10.3. The van der Waals surface area contributed by atoms with Crippen molar-refractivity contribution in [2.24, 2.45) is 0 Å². The van der Waals surface area contributed by atoms with Gasteiger partial charge in [0, 0.05) is 12.7 Å². The molecule has 0 spiro atoms. The molecule has 0 unspecified atom stereocenters. The van der Waals surface area contributed by atoms with E-state index in [-0.39, 0.29) is 0 Å². The highest BCUT2D eigenvalue weighted by molar-refractivity contribution is 9.10. The van der Waals surface area contributed by atoms with Crippen molar-refractivity contribution < 1.29 is 0 Å². The SMILES string of the molecule is CCNCc1ccc2ncc(Br)n2c1. The van der Waals surface area contributed by atoms with Gasteiger partial charge in [-0.15, -0.1) is 0 Å². The minimum absolute atomic E-state index is 0.900. The van der Waals surface area contributed by atoms with Crippen molar-refractivity contribution in [3.8, 4) is 0 Å². The average Bonchev–Trinajstić information content (AvgIpc) is 2.57. The molecule has 0 aliphatic carbocycles. The number of imidazole rings is 1. The van der Waals surface area contributed by atoms with E-state index in [9.17, 15) is 0 Å². The van der Waals surface area contributed by atoms with E-state index in [4.69, 9.17) is 0 Å². The van der Waals surface area contributed by atoms with Crippen molar-refractivity contribution in [1.82, 2.24) is 14.7 Å². The number of nitrogens with zero attached hydrogens (tertiary/aromatic N) is 2. The average molecular weight is 254 g/mol. The molecular formula is C10H12BrN3. The van der Waals surface area contributed by atoms with E-state index in [2.05, 4.69) is 45.4 Å². The largest absolute Gasteiger partial charge is 0.313 e. The van der Waals surface area contributed by atoms with Crippen LogP contribution in [0.4, 0.5) is 0 Å². The molecule has 4 heteroatoms. The summed E-state index contributed by atoms with van der Waals surface area (Å²) in [5, 5.41) is 3.29. The maximum Gasteiger partial charge on any atom is 0.137 e. The summed E-state index contributed by atoms with van der Waals surface area (Å²) in [5.41, 5.74) is 2.23. The Hall–Kier alpha value is -0.870. The Bertz CT molecular complexity index is 436. The fraction of sp³-hybridized carbons (Fsp3) is 0.300. The Balaban J connectivity index is 2.34. The molecule has 2 aromatic heterocycles. The first-order valence-corrected chi connectivity index (χ1v) is 5.42. The number of halogens is 1. The van der Waals surface area contributed by atoms with Gasteiger partial charge in [-0.1, -0.05) is 13.0 Å². The molecular weight excluding hydrogens is 242 g/mol. The van der Waals surface area contributed by atoms with Crippen molar-refractivity contribution >= 4 is 21.6 Å². The minimum atomic E-state index is 0.900. The van der Waals surface area contributed by atoms with E-state index >= 15 is 0 Å². The van der Waals surface area contributed by atoms with Crippen LogP contribution in [0.3, 0.4) is 0 Å². The zero-order valence-corrected chi connectivity index (χ0v) is 9.58. The number of pyridine rings is 1. The Morgan fingerprint density at radius 2 is 2.36 bits per heavy atom. The summed E-state index contributed by atoms with van der Waals surface area (Å²) in [6.07, 6.45) is 3.90. The molecule has 2 heterocycles. The lowest BCUT2D eigenvalue weighted by Crippen LogP contribution is -2.12. The van der Waals surface area contributed by atoms with Crippen molar-refractivity contribution in [2.45, 2.75) is 13.5 Å². The minimum Gasteiger partial charge on any atom is -0.313 e. The molecule has 0 bridgehead atoms. The quantitative estimate of drug-likeness (QED) is 0.909. The van der Waals surface area contributed by atoms with Crippen LogP contribution in [0.25, 0.3) is 5.65 Å². The van der Waals surface area contributed by atoms with Crippen LogP contribution in [0.5, 0.6) is 0 Å². The third-order valence-corrected chi connectivity index (χ3v) is 2.69. The smallest absolute Gasteiger partial charge is 0.137 e. The summed E-state index contributed by atoms with van der Waals surface area (Å²) < 4.78 is 3.03. The zero-order valence-electron chi connectivity index (χ0n) is 8.00. The highest BCUT2D eigenvalue weighted by atomic mass is 79.9. The fourth-order valence-electron chi connectivity index (χ4n) is 1.37. The molecule has 74 valence electrons. The first kappa shape index (κ1) is 9.68. The van der Waals surface area contributed by atoms with Gasteiger partial charge in [0.1, 0.15) is 10.3 Å². The van der Waals surface area contributed by atoms with Crippen molar-refractivity contribution in [2.75, 3.05) is 6.54 Å². The maximum absolute atomic E-state index is 4.24. The molecule has 2 aromatic rings. The summed E-state index contributed by atoms with van der Waals surface area (Å²) in [7, 11) is 0. The maximum atomic E-state index is 4.24.